The van der Waals surface area contributed by atoms with E-state index >= 15 is 0 Å². The average molecular weight is 346 g/mol. The summed E-state index contributed by atoms with van der Waals surface area (Å²) in [5, 5.41) is 3.20. The zero-order valence-electron chi connectivity index (χ0n) is 15.0. The number of amides is 1. The van der Waals surface area contributed by atoms with E-state index in [2.05, 4.69) is 15.3 Å². The number of aromatic nitrogens is 2. The van der Waals surface area contributed by atoms with E-state index in [1.54, 1.807) is 11.0 Å². The summed E-state index contributed by atoms with van der Waals surface area (Å²) >= 11 is 0. The Hall–Kier alpha value is -3.21. The number of hydrogen-bond acceptors (Lipinski definition) is 4. The molecule has 3 aromatic rings. The highest BCUT2D eigenvalue weighted by Crippen LogP contribution is 2.17. The number of benzene rings is 2. The second-order valence-electron chi connectivity index (χ2n) is 5.94. The summed E-state index contributed by atoms with van der Waals surface area (Å²) in [6.07, 6.45) is 0. The molecular weight excluding hydrogens is 324 g/mol. The quantitative estimate of drug-likeness (QED) is 0.731. The number of carbonyl (C=O) groups is 1. The third kappa shape index (κ3) is 4.25. The van der Waals surface area contributed by atoms with Crippen LogP contribution in [0.5, 0.6) is 0 Å². The van der Waals surface area contributed by atoms with Gasteiger partial charge in [-0.25, -0.2) is 9.97 Å². The normalized spacial score (nSPS) is 10.4. The second-order valence-corrected chi connectivity index (χ2v) is 5.94. The molecule has 0 aliphatic rings. The molecule has 5 heteroatoms. The van der Waals surface area contributed by atoms with Gasteiger partial charge in [-0.1, -0.05) is 48.5 Å². The predicted molar refractivity (Wildman–Crippen MR) is 104 cm³/mol. The number of hydrogen-bond donors (Lipinski definition) is 1. The summed E-state index contributed by atoms with van der Waals surface area (Å²) in [4.78, 5) is 23.5. The Labute approximate surface area is 153 Å². The third-order valence-electron chi connectivity index (χ3n) is 4.00. The number of nitrogens with one attached hydrogen (secondary N) is 1. The summed E-state index contributed by atoms with van der Waals surface area (Å²) in [5.74, 6) is 0.327. The number of carbonyl (C=O) groups excluding carboxylic acids is 1. The minimum atomic E-state index is -0.132. The van der Waals surface area contributed by atoms with Crippen molar-refractivity contribution in [3.05, 3.63) is 83.7 Å². The van der Waals surface area contributed by atoms with Gasteiger partial charge in [0.05, 0.1) is 0 Å². The lowest BCUT2D eigenvalue weighted by Gasteiger charge is -2.21. The zero-order chi connectivity index (χ0) is 18.4. The Morgan fingerprint density at radius 3 is 2.31 bits per heavy atom. The lowest BCUT2D eigenvalue weighted by Crippen LogP contribution is -2.31. The first-order valence-corrected chi connectivity index (χ1v) is 8.67. The predicted octanol–water partition coefficient (Wildman–Crippen LogP) is 4.06. The first-order chi connectivity index (χ1) is 12.7. The highest BCUT2D eigenvalue weighted by molar-refractivity contribution is 6.04. The first kappa shape index (κ1) is 17.6. The van der Waals surface area contributed by atoms with Crippen LogP contribution in [0.15, 0.2) is 66.7 Å². The van der Waals surface area contributed by atoms with Gasteiger partial charge in [-0.05, 0) is 37.6 Å². The fraction of sp³-hybridized carbons (Fsp3) is 0.190. The molecule has 0 bridgehead atoms. The maximum absolute atomic E-state index is 13.0. The maximum Gasteiger partial charge on any atom is 0.277 e. The van der Waals surface area contributed by atoms with Gasteiger partial charge in [-0.3, -0.25) is 4.79 Å². The molecule has 1 amide bonds. The number of rotatable bonds is 6. The van der Waals surface area contributed by atoms with Crippen molar-refractivity contribution in [1.82, 2.24) is 9.97 Å². The van der Waals surface area contributed by atoms with E-state index in [1.807, 2.05) is 74.5 Å². The molecule has 0 fully saturated rings. The molecule has 132 valence electrons. The fourth-order valence-electron chi connectivity index (χ4n) is 2.72. The van der Waals surface area contributed by atoms with Crippen LogP contribution in [-0.4, -0.2) is 22.4 Å². The summed E-state index contributed by atoms with van der Waals surface area (Å²) in [7, 11) is 0. The molecule has 1 heterocycles. The van der Waals surface area contributed by atoms with Crippen molar-refractivity contribution in [2.24, 2.45) is 0 Å². The summed E-state index contributed by atoms with van der Waals surface area (Å²) in [6, 6.07) is 21.4. The zero-order valence-corrected chi connectivity index (χ0v) is 15.0. The van der Waals surface area contributed by atoms with E-state index in [4.69, 9.17) is 0 Å². The van der Waals surface area contributed by atoms with Gasteiger partial charge in [0, 0.05) is 24.5 Å². The molecule has 3 rings (SSSR count). The number of aryl methyl sites for hydroxylation is 1. The molecule has 26 heavy (non-hydrogen) atoms. The van der Waals surface area contributed by atoms with Crippen molar-refractivity contribution in [3.8, 4) is 0 Å². The molecule has 0 aliphatic carbocycles. The minimum absolute atomic E-state index is 0.132. The standard InChI is InChI=1S/C21H22N4O/c1-3-25(18-12-8-5-9-13-18)20(26)19-14-16(2)23-21(24-19)22-15-17-10-6-4-7-11-17/h4-14H,3,15H2,1-2H3,(H,22,23,24). The molecule has 0 unspecified atom stereocenters. The van der Waals surface area contributed by atoms with E-state index in [0.29, 0.717) is 24.7 Å². The van der Waals surface area contributed by atoms with E-state index in [0.717, 1.165) is 16.9 Å². The smallest absolute Gasteiger partial charge is 0.277 e. The maximum atomic E-state index is 13.0. The first-order valence-electron chi connectivity index (χ1n) is 8.67. The molecule has 2 aromatic carbocycles. The van der Waals surface area contributed by atoms with Crippen LogP contribution in [0, 0.1) is 6.92 Å². The van der Waals surface area contributed by atoms with Crippen LogP contribution in [0.2, 0.25) is 0 Å². The highest BCUT2D eigenvalue weighted by Gasteiger charge is 2.18. The topological polar surface area (TPSA) is 58.1 Å². The van der Waals surface area contributed by atoms with Crippen LogP contribution in [0.3, 0.4) is 0 Å². The Morgan fingerprint density at radius 2 is 1.65 bits per heavy atom. The molecule has 0 atom stereocenters. The molecule has 0 saturated carbocycles. The van der Waals surface area contributed by atoms with Crippen LogP contribution >= 0.6 is 0 Å². The van der Waals surface area contributed by atoms with Gasteiger partial charge in [0.15, 0.2) is 0 Å². The Kier molecular flexibility index (Phi) is 5.59. The van der Waals surface area contributed by atoms with Crippen LogP contribution in [0.4, 0.5) is 11.6 Å². The van der Waals surface area contributed by atoms with E-state index < -0.39 is 0 Å². The average Bonchev–Trinajstić information content (AvgIpc) is 2.68. The van der Waals surface area contributed by atoms with Gasteiger partial charge in [0.2, 0.25) is 5.95 Å². The van der Waals surface area contributed by atoms with Crippen LogP contribution in [0.25, 0.3) is 0 Å². The van der Waals surface area contributed by atoms with Gasteiger partial charge < -0.3 is 10.2 Å². The molecular formula is C21H22N4O. The third-order valence-corrected chi connectivity index (χ3v) is 4.00. The Morgan fingerprint density at radius 1 is 1.00 bits per heavy atom. The van der Waals surface area contributed by atoms with Crippen molar-refractivity contribution < 1.29 is 4.79 Å². The van der Waals surface area contributed by atoms with E-state index in [1.165, 1.54) is 0 Å². The van der Waals surface area contributed by atoms with Crippen LogP contribution in [0.1, 0.15) is 28.7 Å². The lowest BCUT2D eigenvalue weighted by atomic mass is 10.2. The van der Waals surface area contributed by atoms with Gasteiger partial charge in [-0.15, -0.1) is 0 Å². The van der Waals surface area contributed by atoms with Gasteiger partial charge in [0.25, 0.3) is 5.91 Å². The molecule has 0 radical (unpaired) electrons. The van der Waals surface area contributed by atoms with Crippen molar-refractivity contribution in [3.63, 3.8) is 0 Å². The van der Waals surface area contributed by atoms with Crippen molar-refractivity contribution in [1.29, 1.82) is 0 Å². The van der Waals surface area contributed by atoms with Crippen molar-refractivity contribution in [2.75, 3.05) is 16.8 Å². The molecule has 1 N–H and O–H groups in total. The summed E-state index contributed by atoms with van der Waals surface area (Å²) in [6.45, 7) is 4.99. The number of anilines is 2. The molecule has 1 aromatic heterocycles. The van der Waals surface area contributed by atoms with E-state index in [-0.39, 0.29) is 5.91 Å². The SMILES string of the molecule is CCN(C(=O)c1cc(C)nc(NCc2ccccc2)n1)c1ccccc1. The Bertz CT molecular complexity index is 866. The van der Waals surface area contributed by atoms with Gasteiger partial charge in [0.1, 0.15) is 5.69 Å². The molecule has 5 nitrogen and oxygen atoms in total. The number of para-hydroxylation sites is 1. The van der Waals surface area contributed by atoms with Gasteiger partial charge in [-0.2, -0.15) is 0 Å². The molecule has 0 spiro atoms. The minimum Gasteiger partial charge on any atom is -0.350 e. The summed E-state index contributed by atoms with van der Waals surface area (Å²) < 4.78 is 0. The van der Waals surface area contributed by atoms with Crippen molar-refractivity contribution >= 4 is 17.5 Å². The summed E-state index contributed by atoms with van der Waals surface area (Å²) in [5.41, 5.74) is 3.13. The monoisotopic (exact) mass is 346 g/mol. The fourth-order valence-corrected chi connectivity index (χ4v) is 2.72. The lowest BCUT2D eigenvalue weighted by molar-refractivity contribution is 0.0983. The molecule has 0 aliphatic heterocycles. The highest BCUT2D eigenvalue weighted by atomic mass is 16.2. The van der Waals surface area contributed by atoms with E-state index in [9.17, 15) is 4.79 Å². The largest absolute Gasteiger partial charge is 0.350 e. The second kappa shape index (κ2) is 8.25. The van der Waals surface area contributed by atoms with Crippen molar-refractivity contribution in [2.45, 2.75) is 20.4 Å². The van der Waals surface area contributed by atoms with Crippen LogP contribution in [-0.2, 0) is 6.54 Å². The Balaban J connectivity index is 1.81. The van der Waals surface area contributed by atoms with Crippen LogP contribution < -0.4 is 10.2 Å². The molecule has 0 saturated heterocycles. The van der Waals surface area contributed by atoms with Gasteiger partial charge >= 0.3 is 0 Å². The number of nitrogens with zero attached hydrogens (tertiary/aromatic N) is 3.